The van der Waals surface area contributed by atoms with Gasteiger partial charge in [0.25, 0.3) is 0 Å². The third-order valence-electron chi connectivity index (χ3n) is 5.57. The number of nitrogens with zero attached hydrogens (tertiary/aromatic N) is 6. The van der Waals surface area contributed by atoms with Gasteiger partial charge in [-0.25, -0.2) is 19.1 Å². The predicted octanol–water partition coefficient (Wildman–Crippen LogP) is 4.85. The van der Waals surface area contributed by atoms with E-state index in [9.17, 15) is 27.9 Å². The van der Waals surface area contributed by atoms with E-state index in [-0.39, 0.29) is 34.6 Å². The van der Waals surface area contributed by atoms with E-state index in [1.165, 1.54) is 41.9 Å². The summed E-state index contributed by atoms with van der Waals surface area (Å²) in [6.07, 6.45) is -8.69. The molecule has 212 valence electrons. The largest absolute Gasteiger partial charge is 0.455 e. The summed E-state index contributed by atoms with van der Waals surface area (Å²) < 4.78 is 47.6. The van der Waals surface area contributed by atoms with Gasteiger partial charge in [-0.05, 0) is 49.4 Å². The minimum absolute atomic E-state index is 0.00537. The van der Waals surface area contributed by atoms with Crippen LogP contribution >= 0.6 is 34.8 Å². The van der Waals surface area contributed by atoms with Crippen LogP contribution in [0.5, 0.6) is 0 Å². The fourth-order valence-corrected chi connectivity index (χ4v) is 4.38. The third kappa shape index (κ3) is 6.49. The van der Waals surface area contributed by atoms with Gasteiger partial charge in [-0.3, -0.25) is 9.36 Å². The highest BCUT2D eigenvalue weighted by Crippen LogP contribution is 2.28. The summed E-state index contributed by atoms with van der Waals surface area (Å²) >= 11 is 18.3. The minimum Gasteiger partial charge on any atom is -0.455 e. The van der Waals surface area contributed by atoms with Crippen molar-refractivity contribution in [2.24, 2.45) is 0 Å². The maximum atomic E-state index is 13.2. The van der Waals surface area contributed by atoms with Crippen molar-refractivity contribution in [3.63, 3.8) is 0 Å². The van der Waals surface area contributed by atoms with Crippen molar-refractivity contribution in [2.45, 2.75) is 45.3 Å². The van der Waals surface area contributed by atoms with Gasteiger partial charge in [-0.2, -0.15) is 13.2 Å². The quantitative estimate of drug-likeness (QED) is 0.280. The number of alkyl halides is 3. The lowest BCUT2D eigenvalue weighted by Crippen LogP contribution is -2.37. The average Bonchev–Trinajstić information content (AvgIpc) is 3.40. The molecule has 2 aromatic heterocycles. The fourth-order valence-electron chi connectivity index (χ4n) is 3.76. The van der Waals surface area contributed by atoms with E-state index < -0.39 is 36.6 Å². The molecule has 0 fully saturated rings. The van der Waals surface area contributed by atoms with Crippen LogP contribution < -0.4 is 5.69 Å². The fraction of sp³-hybridized carbons (Fsp3) is 0.292. The molecule has 0 amide bonds. The van der Waals surface area contributed by atoms with E-state index in [0.29, 0.717) is 20.3 Å². The number of rotatable bonds is 8. The average molecular weight is 620 g/mol. The molecule has 0 aliphatic heterocycles. The molecule has 0 saturated heterocycles. The zero-order valence-electron chi connectivity index (χ0n) is 20.7. The molecule has 1 unspecified atom stereocenters. The van der Waals surface area contributed by atoms with Gasteiger partial charge in [0.1, 0.15) is 6.54 Å². The number of aromatic nitrogens is 6. The first-order valence-electron chi connectivity index (χ1n) is 11.5. The van der Waals surface area contributed by atoms with Crippen LogP contribution in [0.3, 0.4) is 0 Å². The second kappa shape index (κ2) is 11.6. The van der Waals surface area contributed by atoms with Gasteiger partial charge in [0.05, 0.1) is 17.3 Å². The topological polar surface area (TPSA) is 117 Å². The lowest BCUT2D eigenvalue weighted by atomic mass is 10.2. The number of benzene rings is 2. The number of carbonyl (C=O) groups excluding carboxylic acids is 1. The summed E-state index contributed by atoms with van der Waals surface area (Å²) in [6.45, 7) is 1.28. The number of hydrogen-bond acceptors (Lipinski definition) is 7. The maximum Gasteiger partial charge on any atom is 0.416 e. The van der Waals surface area contributed by atoms with Crippen LogP contribution in [0.4, 0.5) is 13.2 Å². The van der Waals surface area contributed by atoms with Crippen LogP contribution in [0.25, 0.3) is 17.1 Å². The van der Waals surface area contributed by atoms with Crippen molar-refractivity contribution in [1.82, 2.24) is 29.1 Å². The molecule has 16 heteroatoms. The number of esters is 1. The number of aliphatic hydroxyl groups is 1. The molecule has 40 heavy (non-hydrogen) atoms. The molecule has 0 saturated carbocycles. The lowest BCUT2D eigenvalue weighted by molar-refractivity contribution is -0.207. The van der Waals surface area contributed by atoms with Crippen molar-refractivity contribution in [1.29, 1.82) is 0 Å². The van der Waals surface area contributed by atoms with Gasteiger partial charge in [0, 0.05) is 22.5 Å². The SMILES string of the molecule is CC(=O)OC(C)c1nc(Cn2nc(-c3ccc(Cl)cc3)n(C[C@H](O)C(F)(F)F)c2=O)nn1-c1ccc(Cl)cc1Cl. The number of aliphatic hydroxyl groups excluding tert-OH is 1. The number of hydrogen-bond donors (Lipinski definition) is 1. The van der Waals surface area contributed by atoms with Crippen LogP contribution in [0.2, 0.25) is 15.1 Å². The number of carbonyl (C=O) groups is 1. The van der Waals surface area contributed by atoms with Gasteiger partial charge >= 0.3 is 17.8 Å². The third-order valence-corrected chi connectivity index (χ3v) is 6.36. The van der Waals surface area contributed by atoms with E-state index in [1.807, 2.05) is 0 Å². The van der Waals surface area contributed by atoms with Crippen molar-refractivity contribution in [3.8, 4) is 17.1 Å². The molecule has 0 aliphatic carbocycles. The van der Waals surface area contributed by atoms with Crippen LogP contribution in [0, 0.1) is 0 Å². The number of ether oxygens (including phenoxy) is 1. The first-order chi connectivity index (χ1) is 18.7. The first kappa shape index (κ1) is 29.6. The summed E-state index contributed by atoms with van der Waals surface area (Å²) in [5, 5.41) is 19.2. The summed E-state index contributed by atoms with van der Waals surface area (Å²) in [4.78, 5) is 29.2. The normalized spacial score (nSPS) is 13.3. The molecule has 4 aromatic rings. The van der Waals surface area contributed by atoms with Crippen LogP contribution in [-0.4, -0.2) is 52.5 Å². The van der Waals surface area contributed by atoms with Gasteiger partial charge in [-0.15, -0.1) is 10.2 Å². The second-order valence-corrected chi connectivity index (χ2v) is 9.86. The van der Waals surface area contributed by atoms with E-state index in [0.717, 1.165) is 4.68 Å². The summed E-state index contributed by atoms with van der Waals surface area (Å²) in [5.74, 6) is -0.576. The molecule has 4 rings (SSSR count). The Hall–Kier alpha value is -3.39. The van der Waals surface area contributed by atoms with E-state index in [4.69, 9.17) is 39.5 Å². The Kier molecular flexibility index (Phi) is 8.59. The molecule has 2 heterocycles. The Morgan fingerprint density at radius 2 is 1.73 bits per heavy atom. The molecule has 1 N–H and O–H groups in total. The van der Waals surface area contributed by atoms with E-state index in [2.05, 4.69) is 15.2 Å². The Labute approximate surface area is 239 Å². The van der Waals surface area contributed by atoms with Gasteiger partial charge in [0.15, 0.2) is 29.7 Å². The molecule has 2 aromatic carbocycles. The van der Waals surface area contributed by atoms with E-state index >= 15 is 0 Å². The van der Waals surface area contributed by atoms with Crippen LogP contribution in [-0.2, 0) is 22.6 Å². The Morgan fingerprint density at radius 1 is 1.07 bits per heavy atom. The summed E-state index contributed by atoms with van der Waals surface area (Å²) in [7, 11) is 0. The smallest absolute Gasteiger partial charge is 0.416 e. The highest BCUT2D eigenvalue weighted by molar-refractivity contribution is 6.35. The van der Waals surface area contributed by atoms with Crippen molar-refractivity contribution >= 4 is 40.8 Å². The Morgan fingerprint density at radius 3 is 2.33 bits per heavy atom. The lowest BCUT2D eigenvalue weighted by Gasteiger charge is -2.15. The monoisotopic (exact) mass is 618 g/mol. The van der Waals surface area contributed by atoms with Crippen molar-refractivity contribution < 1.29 is 27.8 Å². The highest BCUT2D eigenvalue weighted by Gasteiger charge is 2.39. The predicted molar refractivity (Wildman–Crippen MR) is 140 cm³/mol. The first-order valence-corrected chi connectivity index (χ1v) is 12.6. The second-order valence-electron chi connectivity index (χ2n) is 8.58. The van der Waals surface area contributed by atoms with Gasteiger partial charge in [0.2, 0.25) is 0 Å². The summed E-state index contributed by atoms with van der Waals surface area (Å²) in [5.41, 5.74) is -0.333. The standard InChI is InChI=1S/C24H20Cl3F3N6O4/c1-12(40-13(2)37)21-31-20(32-36(21)18-8-7-16(26)9-17(18)27)11-35-23(39)34(10-19(38)24(28,29)30)22(33-35)14-3-5-15(25)6-4-14/h3-9,12,19,38H,10-11H2,1-2H3/t12?,19-/m0/s1. The zero-order valence-corrected chi connectivity index (χ0v) is 23.0. The highest BCUT2D eigenvalue weighted by atomic mass is 35.5. The summed E-state index contributed by atoms with van der Waals surface area (Å²) in [6, 6.07) is 10.5. The van der Waals surface area contributed by atoms with Crippen LogP contribution in [0.1, 0.15) is 31.6 Å². The Bertz CT molecular complexity index is 1600. The van der Waals surface area contributed by atoms with Crippen LogP contribution in [0.15, 0.2) is 47.3 Å². The zero-order chi connectivity index (χ0) is 29.4. The Balaban J connectivity index is 1.80. The van der Waals surface area contributed by atoms with E-state index in [1.54, 1.807) is 19.1 Å². The number of halogens is 6. The molecule has 0 aliphatic rings. The molecule has 2 atom stereocenters. The molecular formula is C24H20Cl3F3N6O4. The van der Waals surface area contributed by atoms with Gasteiger partial charge < -0.3 is 9.84 Å². The minimum atomic E-state index is -4.97. The molecule has 0 radical (unpaired) electrons. The molecular weight excluding hydrogens is 600 g/mol. The molecule has 10 nitrogen and oxygen atoms in total. The van der Waals surface area contributed by atoms with Crippen molar-refractivity contribution in [2.75, 3.05) is 0 Å². The molecule has 0 spiro atoms. The molecule has 0 bridgehead atoms. The van der Waals surface area contributed by atoms with Crippen molar-refractivity contribution in [3.05, 3.63) is 79.7 Å². The van der Waals surface area contributed by atoms with Gasteiger partial charge in [-0.1, -0.05) is 34.8 Å². The maximum absolute atomic E-state index is 13.2.